The van der Waals surface area contributed by atoms with Gasteiger partial charge in [0.05, 0.1) is 0 Å². The number of oxazole rings is 1. The van der Waals surface area contributed by atoms with Crippen molar-refractivity contribution in [1.82, 2.24) is 24.5 Å². The van der Waals surface area contributed by atoms with Crippen LogP contribution >= 0.6 is 0 Å². The number of fused-ring (bicyclic) bond motifs is 5. The van der Waals surface area contributed by atoms with Gasteiger partial charge in [-0.1, -0.05) is 106 Å². The largest absolute Gasteiger partial charge is 0.443 e. The molecule has 0 N–H and O–H groups in total. The minimum absolute atomic E-state index is 0.136. The number of benzene rings is 4. The summed E-state index contributed by atoms with van der Waals surface area (Å²) in [5, 5.41) is 0. The molecule has 3 heterocycles. The molecule has 0 atom stereocenters. The van der Waals surface area contributed by atoms with Crippen LogP contribution in [0.4, 0.5) is 0 Å². The lowest BCUT2D eigenvalue weighted by atomic mass is 9.81. The zero-order valence-corrected chi connectivity index (χ0v) is 29.2. The Kier molecular flexibility index (Phi) is 7.71. The molecule has 7 heteroatoms. The summed E-state index contributed by atoms with van der Waals surface area (Å²) in [4.78, 5) is 19.5. The minimum atomic E-state index is -0.136. The molecule has 8 rings (SSSR count). The van der Waals surface area contributed by atoms with Crippen LogP contribution in [0.1, 0.15) is 60.0 Å². The molecule has 0 fully saturated rings. The van der Waals surface area contributed by atoms with Crippen molar-refractivity contribution in [1.29, 1.82) is 0 Å². The lowest BCUT2D eigenvalue weighted by Crippen LogP contribution is -2.14. The normalized spacial score (nSPS) is 13.6. The molecule has 6 nitrogen and oxygen atoms in total. The number of hydrogen-bond acceptors (Lipinski definition) is 5. The lowest BCUT2D eigenvalue weighted by molar-refractivity contribution is 0.601. The van der Waals surface area contributed by atoms with Crippen LogP contribution in [0.25, 0.3) is 68.7 Å². The predicted octanol–water partition coefficient (Wildman–Crippen LogP) is 10.3. The molecule has 0 amide bonds. The fourth-order valence-corrected chi connectivity index (χ4v) is 7.37. The zero-order chi connectivity index (χ0) is 34.6. The van der Waals surface area contributed by atoms with Crippen molar-refractivity contribution in [3.05, 3.63) is 143 Å². The van der Waals surface area contributed by atoms with Gasteiger partial charge in [-0.05, 0) is 66.8 Å². The van der Waals surface area contributed by atoms with E-state index in [-0.39, 0.29) is 5.41 Å². The van der Waals surface area contributed by atoms with E-state index in [2.05, 4.69) is 99.9 Å². The molecular weight excluding hydrogens is 613 g/mol. The Labute approximate surface area is 293 Å². The van der Waals surface area contributed by atoms with Gasteiger partial charge in [0.15, 0.2) is 23.6 Å². The maximum Gasteiger partial charge on any atom is 0.238 e. The van der Waals surface area contributed by atoms with E-state index in [0.29, 0.717) is 17.6 Å². The summed E-state index contributed by atoms with van der Waals surface area (Å²) in [7, 11) is 2.06. The average Bonchev–Trinajstić information content (AvgIpc) is 3.78. The Bertz CT molecular complexity index is 2410. The summed E-state index contributed by atoms with van der Waals surface area (Å²) in [5.74, 6) is 3.95. The van der Waals surface area contributed by atoms with Gasteiger partial charge >= 0.3 is 0 Å². The first kappa shape index (κ1) is 31.5. The molecule has 243 valence electrons. The fourth-order valence-electron chi connectivity index (χ4n) is 7.37. The molecule has 0 saturated heterocycles. The lowest BCUT2D eigenvalue weighted by Gasteiger charge is -2.21. The van der Waals surface area contributed by atoms with E-state index in [0.717, 1.165) is 61.4 Å². The standard InChI is InChI=1S/C43H37BN5O/c1-26(31-17-18-35-34(24-31)38-36(43(35,4)5)19-20-37-39(38)50-25-45-37)23-33-28(3)49(27(2)32(33)21-22-44-6)42-47-40(29-13-9-7-10-14-29)46-41(48-42)30-15-11-8-12-16-30/h7-25H,1-6H3/b22-21-,26-23+. The van der Waals surface area contributed by atoms with Crippen LogP contribution < -0.4 is 0 Å². The number of hydrogen-bond donors (Lipinski definition) is 0. The van der Waals surface area contributed by atoms with E-state index in [9.17, 15) is 0 Å². The second kappa shape index (κ2) is 12.3. The second-order valence-electron chi connectivity index (χ2n) is 13.4. The SMILES string of the molecule is C[B]/C=C\c1c(/C=C(\C)c2ccc3c(c2)-c2c(ccc4ncoc24)C3(C)C)c(C)n(-c2nc(-c3ccccc3)nc(-c3ccccc3)n2)c1C. The molecular formula is C43H37BN5O. The Morgan fingerprint density at radius 2 is 1.42 bits per heavy atom. The molecule has 1 radical (unpaired) electrons. The monoisotopic (exact) mass is 650 g/mol. The highest BCUT2D eigenvalue weighted by atomic mass is 16.3. The van der Waals surface area contributed by atoms with Gasteiger partial charge in [-0.2, -0.15) is 9.97 Å². The number of rotatable bonds is 7. The molecule has 4 aromatic carbocycles. The molecule has 0 spiro atoms. The van der Waals surface area contributed by atoms with Crippen LogP contribution in [0, 0.1) is 13.8 Å². The van der Waals surface area contributed by atoms with E-state index in [1.165, 1.54) is 16.7 Å². The molecule has 1 aliphatic rings. The van der Waals surface area contributed by atoms with Gasteiger partial charge in [0, 0.05) is 44.6 Å². The van der Waals surface area contributed by atoms with Gasteiger partial charge in [-0.3, -0.25) is 4.57 Å². The maximum atomic E-state index is 5.95. The quantitative estimate of drug-likeness (QED) is 0.161. The first-order valence-electron chi connectivity index (χ1n) is 17.0. The predicted molar refractivity (Wildman–Crippen MR) is 205 cm³/mol. The smallest absolute Gasteiger partial charge is 0.238 e. The fraction of sp³-hybridized carbons (Fsp3) is 0.163. The highest BCUT2D eigenvalue weighted by Crippen LogP contribution is 2.51. The van der Waals surface area contributed by atoms with E-state index >= 15 is 0 Å². The number of allylic oxidation sites excluding steroid dienone is 1. The van der Waals surface area contributed by atoms with Crippen LogP contribution in [0.15, 0.2) is 108 Å². The van der Waals surface area contributed by atoms with Crippen molar-refractivity contribution in [3.8, 4) is 39.9 Å². The molecule has 0 aliphatic heterocycles. The van der Waals surface area contributed by atoms with E-state index in [1.807, 2.05) is 67.5 Å². The van der Waals surface area contributed by atoms with Gasteiger partial charge in [-0.15, -0.1) is 5.98 Å². The first-order chi connectivity index (χ1) is 24.3. The Morgan fingerprint density at radius 3 is 2.08 bits per heavy atom. The Morgan fingerprint density at radius 1 is 0.780 bits per heavy atom. The van der Waals surface area contributed by atoms with Gasteiger partial charge in [0.2, 0.25) is 5.95 Å². The topological polar surface area (TPSA) is 69.6 Å². The van der Waals surface area contributed by atoms with Crippen molar-refractivity contribution in [2.24, 2.45) is 0 Å². The van der Waals surface area contributed by atoms with Gasteiger partial charge in [0.25, 0.3) is 0 Å². The highest BCUT2D eigenvalue weighted by molar-refractivity contribution is 6.41. The van der Waals surface area contributed by atoms with E-state index in [4.69, 9.17) is 19.4 Å². The van der Waals surface area contributed by atoms with Crippen LogP contribution in [0.2, 0.25) is 6.82 Å². The maximum absolute atomic E-state index is 5.95. The number of aromatic nitrogens is 5. The molecule has 0 saturated carbocycles. The van der Waals surface area contributed by atoms with E-state index < -0.39 is 0 Å². The third kappa shape index (κ3) is 5.12. The van der Waals surface area contributed by atoms with Crippen molar-refractivity contribution in [3.63, 3.8) is 0 Å². The van der Waals surface area contributed by atoms with Crippen LogP contribution in [0.5, 0.6) is 0 Å². The Balaban J connectivity index is 1.29. The van der Waals surface area contributed by atoms with Crippen molar-refractivity contribution in [2.45, 2.75) is 46.9 Å². The van der Waals surface area contributed by atoms with Crippen molar-refractivity contribution in [2.75, 3.05) is 0 Å². The van der Waals surface area contributed by atoms with Crippen LogP contribution in [-0.4, -0.2) is 31.8 Å². The molecule has 0 bridgehead atoms. The molecule has 7 aromatic rings. The first-order valence-corrected chi connectivity index (χ1v) is 17.0. The summed E-state index contributed by atoms with van der Waals surface area (Å²) in [6.45, 7) is 13.1. The van der Waals surface area contributed by atoms with Crippen molar-refractivity contribution < 1.29 is 4.42 Å². The summed E-state index contributed by atoms with van der Waals surface area (Å²) >= 11 is 0. The summed E-state index contributed by atoms with van der Waals surface area (Å²) < 4.78 is 8.12. The van der Waals surface area contributed by atoms with Gasteiger partial charge in [0.1, 0.15) is 12.8 Å². The summed E-state index contributed by atoms with van der Waals surface area (Å²) in [6.07, 6.45) is 6.02. The average molecular weight is 651 g/mol. The minimum Gasteiger partial charge on any atom is -0.443 e. The van der Waals surface area contributed by atoms with Gasteiger partial charge < -0.3 is 4.42 Å². The van der Waals surface area contributed by atoms with E-state index in [1.54, 1.807) is 6.39 Å². The number of nitrogens with zero attached hydrogens (tertiary/aromatic N) is 5. The third-order valence-electron chi connectivity index (χ3n) is 10.0. The molecule has 50 heavy (non-hydrogen) atoms. The summed E-state index contributed by atoms with van der Waals surface area (Å²) in [6, 6.07) is 31.3. The zero-order valence-electron chi connectivity index (χ0n) is 29.2. The molecule has 3 aromatic heterocycles. The molecule has 0 unspecified atom stereocenters. The summed E-state index contributed by atoms with van der Waals surface area (Å²) in [5.41, 5.74) is 15.1. The van der Waals surface area contributed by atoms with Crippen molar-refractivity contribution >= 4 is 36.1 Å². The Hall–Kier alpha value is -5.82. The van der Waals surface area contributed by atoms with Crippen LogP contribution in [0.3, 0.4) is 0 Å². The second-order valence-corrected chi connectivity index (χ2v) is 13.4. The van der Waals surface area contributed by atoms with Gasteiger partial charge in [-0.25, -0.2) is 9.97 Å². The highest BCUT2D eigenvalue weighted by Gasteiger charge is 2.37. The van der Waals surface area contributed by atoms with Crippen LogP contribution in [-0.2, 0) is 5.41 Å². The molecule has 1 aliphatic carbocycles. The third-order valence-corrected chi connectivity index (χ3v) is 10.0.